The van der Waals surface area contributed by atoms with Gasteiger partial charge in [-0.2, -0.15) is 0 Å². The largest absolute Gasteiger partial charge is 0.279 e. The van der Waals surface area contributed by atoms with Crippen molar-refractivity contribution >= 4 is 48.5 Å². The molecule has 0 spiro atoms. The monoisotopic (exact) mass is 318 g/mol. The molecular weight excluding hydrogens is 304 g/mol. The van der Waals surface area contributed by atoms with Crippen molar-refractivity contribution in [2.24, 2.45) is 0 Å². The Bertz CT molecular complexity index is 1250. The minimum atomic E-state index is 0.959. The molecule has 0 bridgehead atoms. The van der Waals surface area contributed by atoms with Gasteiger partial charge in [0.15, 0.2) is 5.65 Å². The van der Waals surface area contributed by atoms with Crippen LogP contribution in [0.25, 0.3) is 37.1 Å². The number of aromatic nitrogens is 4. The number of hydrogen-bond acceptors (Lipinski definition) is 4. The van der Waals surface area contributed by atoms with Crippen LogP contribution < -0.4 is 0 Å². The van der Waals surface area contributed by atoms with Gasteiger partial charge < -0.3 is 0 Å². The first-order valence-electron chi connectivity index (χ1n) is 7.58. The van der Waals surface area contributed by atoms with Gasteiger partial charge in [-0.05, 0) is 44.5 Å². The SMILES string of the molecule is Cc1cc(C)c2c(n1)sc1c2nc(C)n2c3ccccc3nc12. The van der Waals surface area contributed by atoms with Crippen molar-refractivity contribution in [3.8, 4) is 0 Å². The molecule has 0 radical (unpaired) electrons. The van der Waals surface area contributed by atoms with Gasteiger partial charge in [-0.1, -0.05) is 12.1 Å². The van der Waals surface area contributed by atoms with E-state index in [2.05, 4.69) is 29.5 Å². The molecule has 0 amide bonds. The lowest BCUT2D eigenvalue weighted by molar-refractivity contribution is 1.04. The summed E-state index contributed by atoms with van der Waals surface area (Å²) in [6.07, 6.45) is 0. The van der Waals surface area contributed by atoms with Gasteiger partial charge in [0.25, 0.3) is 0 Å². The molecule has 4 aromatic heterocycles. The summed E-state index contributed by atoms with van der Waals surface area (Å²) in [7, 11) is 0. The molecular formula is C18H14N4S. The summed E-state index contributed by atoms with van der Waals surface area (Å²) in [6.45, 7) is 6.21. The van der Waals surface area contributed by atoms with E-state index in [1.807, 2.05) is 26.0 Å². The lowest BCUT2D eigenvalue weighted by atomic mass is 10.1. The number of benzene rings is 1. The van der Waals surface area contributed by atoms with E-state index < -0.39 is 0 Å². The van der Waals surface area contributed by atoms with E-state index in [9.17, 15) is 0 Å². The minimum Gasteiger partial charge on any atom is -0.279 e. The molecule has 0 saturated heterocycles. The number of imidazole rings is 1. The van der Waals surface area contributed by atoms with Crippen molar-refractivity contribution in [3.63, 3.8) is 0 Å². The van der Waals surface area contributed by atoms with Crippen LogP contribution in [0.15, 0.2) is 30.3 Å². The van der Waals surface area contributed by atoms with Crippen LogP contribution in [0.1, 0.15) is 17.1 Å². The maximum absolute atomic E-state index is 4.90. The molecule has 112 valence electrons. The number of para-hydroxylation sites is 2. The molecule has 0 aliphatic rings. The molecule has 5 heteroatoms. The first-order chi connectivity index (χ1) is 11.1. The van der Waals surface area contributed by atoms with E-state index in [1.165, 1.54) is 5.56 Å². The summed E-state index contributed by atoms with van der Waals surface area (Å²) in [5.74, 6) is 0.959. The first kappa shape index (κ1) is 13.0. The third-order valence-corrected chi connectivity index (χ3v) is 5.39. The van der Waals surface area contributed by atoms with Crippen LogP contribution in [-0.4, -0.2) is 19.4 Å². The summed E-state index contributed by atoms with van der Waals surface area (Å²) < 4.78 is 3.26. The number of hydrogen-bond donors (Lipinski definition) is 0. The smallest absolute Gasteiger partial charge is 0.159 e. The van der Waals surface area contributed by atoms with Crippen LogP contribution in [0, 0.1) is 20.8 Å². The highest BCUT2D eigenvalue weighted by molar-refractivity contribution is 7.26. The summed E-state index contributed by atoms with van der Waals surface area (Å²) in [5.41, 5.74) is 6.38. The van der Waals surface area contributed by atoms with E-state index in [4.69, 9.17) is 15.0 Å². The predicted molar refractivity (Wildman–Crippen MR) is 95.4 cm³/mol. The van der Waals surface area contributed by atoms with E-state index >= 15 is 0 Å². The van der Waals surface area contributed by atoms with E-state index in [0.29, 0.717) is 0 Å². The van der Waals surface area contributed by atoms with Gasteiger partial charge in [-0.3, -0.25) is 4.40 Å². The van der Waals surface area contributed by atoms with Crippen molar-refractivity contribution in [2.45, 2.75) is 20.8 Å². The molecule has 0 unspecified atom stereocenters. The quantitative estimate of drug-likeness (QED) is 0.420. The van der Waals surface area contributed by atoms with Crippen LogP contribution in [0.3, 0.4) is 0 Å². The fourth-order valence-electron chi connectivity index (χ4n) is 3.40. The summed E-state index contributed by atoms with van der Waals surface area (Å²) in [4.78, 5) is 15.5. The Kier molecular flexibility index (Phi) is 2.40. The average Bonchev–Trinajstić information content (AvgIpc) is 3.05. The number of fused-ring (bicyclic) bond motifs is 7. The Hall–Kier alpha value is -2.53. The van der Waals surface area contributed by atoms with Gasteiger partial charge in [0, 0.05) is 11.1 Å². The van der Waals surface area contributed by atoms with Crippen LogP contribution >= 0.6 is 11.3 Å². The van der Waals surface area contributed by atoms with Gasteiger partial charge in [0.2, 0.25) is 0 Å². The Morgan fingerprint density at radius 3 is 2.70 bits per heavy atom. The Balaban J connectivity index is 2.10. The zero-order chi connectivity index (χ0) is 15.7. The zero-order valence-electron chi connectivity index (χ0n) is 13.1. The lowest BCUT2D eigenvalue weighted by Crippen LogP contribution is -1.95. The highest BCUT2D eigenvalue weighted by Gasteiger charge is 2.17. The van der Waals surface area contributed by atoms with Crippen molar-refractivity contribution < 1.29 is 0 Å². The van der Waals surface area contributed by atoms with Crippen molar-refractivity contribution in [1.29, 1.82) is 0 Å². The van der Waals surface area contributed by atoms with Gasteiger partial charge >= 0.3 is 0 Å². The number of rotatable bonds is 0. The standard InChI is InChI=1S/C18H14N4S/c1-9-8-10(2)19-18-14(9)15-16(23-18)17-21-12-6-4-5-7-13(12)22(17)11(3)20-15/h4-8H,1-3H3. The van der Waals surface area contributed by atoms with Crippen molar-refractivity contribution in [1.82, 2.24) is 19.4 Å². The number of pyridine rings is 1. The fourth-order valence-corrected chi connectivity index (χ4v) is 4.61. The molecule has 0 fully saturated rings. The minimum absolute atomic E-state index is 0.959. The van der Waals surface area contributed by atoms with Crippen molar-refractivity contribution in [3.05, 3.63) is 47.4 Å². The van der Waals surface area contributed by atoms with Gasteiger partial charge in [-0.15, -0.1) is 11.3 Å². The molecule has 0 atom stereocenters. The highest BCUT2D eigenvalue weighted by atomic mass is 32.1. The molecule has 0 aliphatic carbocycles. The molecule has 5 rings (SSSR count). The average molecular weight is 318 g/mol. The second kappa shape index (κ2) is 4.26. The first-order valence-corrected chi connectivity index (χ1v) is 8.39. The number of nitrogens with zero attached hydrogens (tertiary/aromatic N) is 4. The van der Waals surface area contributed by atoms with Gasteiger partial charge in [0.1, 0.15) is 10.7 Å². The topological polar surface area (TPSA) is 43.1 Å². The van der Waals surface area contributed by atoms with E-state index in [-0.39, 0.29) is 0 Å². The maximum Gasteiger partial charge on any atom is 0.159 e. The summed E-state index contributed by atoms with van der Waals surface area (Å²) in [5, 5.41) is 1.16. The summed E-state index contributed by atoms with van der Waals surface area (Å²) in [6, 6.07) is 10.3. The molecule has 0 aliphatic heterocycles. The van der Waals surface area contributed by atoms with E-state index in [0.717, 1.165) is 48.6 Å². The van der Waals surface area contributed by atoms with Gasteiger partial charge in [-0.25, -0.2) is 15.0 Å². The summed E-state index contributed by atoms with van der Waals surface area (Å²) >= 11 is 1.69. The third-order valence-electron chi connectivity index (χ3n) is 4.32. The Morgan fingerprint density at radius 2 is 1.83 bits per heavy atom. The lowest BCUT2D eigenvalue weighted by Gasteiger charge is -2.02. The van der Waals surface area contributed by atoms with Crippen molar-refractivity contribution in [2.75, 3.05) is 0 Å². The molecule has 4 heterocycles. The Morgan fingerprint density at radius 1 is 1.00 bits per heavy atom. The second-order valence-corrected chi connectivity index (χ2v) is 6.96. The Labute approximate surface area is 136 Å². The van der Waals surface area contributed by atoms with Crippen LogP contribution in [-0.2, 0) is 0 Å². The van der Waals surface area contributed by atoms with Gasteiger partial charge in [0.05, 0.1) is 21.3 Å². The maximum atomic E-state index is 4.90. The second-order valence-electron chi connectivity index (χ2n) is 5.96. The van der Waals surface area contributed by atoms with Crippen LogP contribution in [0.5, 0.6) is 0 Å². The van der Waals surface area contributed by atoms with E-state index in [1.54, 1.807) is 11.3 Å². The normalized spacial score (nSPS) is 12.1. The number of thiophene rings is 1. The van der Waals surface area contributed by atoms with Crippen LogP contribution in [0.4, 0.5) is 0 Å². The van der Waals surface area contributed by atoms with Crippen LogP contribution in [0.2, 0.25) is 0 Å². The fraction of sp³-hybridized carbons (Fsp3) is 0.167. The zero-order valence-corrected chi connectivity index (χ0v) is 13.9. The molecule has 1 aromatic carbocycles. The molecule has 0 N–H and O–H groups in total. The highest BCUT2D eigenvalue weighted by Crippen LogP contribution is 2.37. The molecule has 0 saturated carbocycles. The molecule has 23 heavy (non-hydrogen) atoms. The third kappa shape index (κ3) is 1.63. The molecule has 5 aromatic rings. The molecule has 4 nitrogen and oxygen atoms in total. The predicted octanol–water partition coefficient (Wildman–Crippen LogP) is 4.57. The number of aryl methyl sites for hydroxylation is 3.